The van der Waals surface area contributed by atoms with Crippen LogP contribution in [0.2, 0.25) is 10.0 Å². The van der Waals surface area contributed by atoms with Gasteiger partial charge in [-0.15, -0.1) is 5.10 Å². The molecule has 1 aliphatic heterocycles. The predicted octanol–water partition coefficient (Wildman–Crippen LogP) is 4.72. The van der Waals surface area contributed by atoms with Crippen LogP contribution in [0.1, 0.15) is 24.0 Å². The van der Waals surface area contributed by atoms with Gasteiger partial charge in [0.05, 0.1) is 23.6 Å². The van der Waals surface area contributed by atoms with Crippen molar-refractivity contribution in [2.75, 3.05) is 0 Å². The highest BCUT2D eigenvalue weighted by atomic mass is 35.5. The molecule has 2 aromatic carbocycles. The second kappa shape index (κ2) is 8.23. The average Bonchev–Trinajstić information content (AvgIpc) is 3.60. The van der Waals surface area contributed by atoms with Gasteiger partial charge in [-0.1, -0.05) is 35.3 Å². The van der Waals surface area contributed by atoms with Gasteiger partial charge in [0.25, 0.3) is 5.56 Å². The summed E-state index contributed by atoms with van der Waals surface area (Å²) >= 11 is 12.3. The summed E-state index contributed by atoms with van der Waals surface area (Å²) < 4.78 is 3.37. The molecule has 0 fully saturated rings. The van der Waals surface area contributed by atoms with Gasteiger partial charge in [-0.25, -0.2) is 4.98 Å². The van der Waals surface area contributed by atoms with Gasteiger partial charge in [-0.05, 0) is 70.8 Å². The molecule has 34 heavy (non-hydrogen) atoms. The first-order valence-electron chi connectivity index (χ1n) is 10.7. The maximum atomic E-state index is 13.3. The maximum Gasteiger partial charge on any atom is 0.252 e. The molecular weight excluding hydrogens is 473 g/mol. The van der Waals surface area contributed by atoms with Crippen LogP contribution in [0.4, 0.5) is 0 Å². The van der Waals surface area contributed by atoms with Crippen LogP contribution in [0, 0.1) is 0 Å². The molecular formula is C24H17Cl2N7O. The summed E-state index contributed by atoms with van der Waals surface area (Å²) in [4.78, 5) is 21.3. The van der Waals surface area contributed by atoms with Crippen molar-refractivity contribution < 1.29 is 0 Å². The van der Waals surface area contributed by atoms with Gasteiger partial charge in [0.2, 0.25) is 0 Å². The molecule has 0 bridgehead atoms. The van der Waals surface area contributed by atoms with Gasteiger partial charge in [0.15, 0.2) is 0 Å². The average molecular weight is 490 g/mol. The molecule has 6 rings (SSSR count). The number of hydrogen-bond donors (Lipinski definition) is 1. The van der Waals surface area contributed by atoms with Gasteiger partial charge in [-0.3, -0.25) is 4.79 Å². The van der Waals surface area contributed by atoms with Crippen molar-refractivity contribution in [3.63, 3.8) is 0 Å². The first-order chi connectivity index (χ1) is 16.6. The van der Waals surface area contributed by atoms with Crippen LogP contribution in [0.25, 0.3) is 28.1 Å². The third-order valence-electron chi connectivity index (χ3n) is 6.07. The lowest BCUT2D eigenvalue weighted by Crippen LogP contribution is -2.23. The Hall–Kier alpha value is -3.75. The second-order valence-corrected chi connectivity index (χ2v) is 8.98. The highest BCUT2D eigenvalue weighted by Gasteiger charge is 2.28. The Balaban J connectivity index is 1.39. The molecule has 1 atom stereocenters. The minimum Gasteiger partial charge on any atom is -0.340 e. The standard InChI is InChI=1S/C24H17Cl2N7O/c25-16-3-1-14(2-4-16)20-12-27-24(29-20)22-8-6-18-9-15(10-23(34)33(18)22)19-11-17(26)5-7-21(19)32-13-28-30-31-32/h1-5,7,9-13,22H,6,8H2,(H,27,29)/t22-/m0/s1. The number of nitrogens with zero attached hydrogens (tertiary/aromatic N) is 6. The molecule has 0 amide bonds. The lowest BCUT2D eigenvalue weighted by atomic mass is 10.0. The molecule has 3 aromatic heterocycles. The van der Waals surface area contributed by atoms with Crippen LogP contribution in [0.3, 0.4) is 0 Å². The number of tetrazole rings is 1. The number of imidazole rings is 1. The number of aromatic nitrogens is 7. The highest BCUT2D eigenvalue weighted by Crippen LogP contribution is 2.34. The summed E-state index contributed by atoms with van der Waals surface area (Å²) in [5.41, 5.74) is 5.02. The van der Waals surface area contributed by atoms with E-state index in [2.05, 4.69) is 25.5 Å². The van der Waals surface area contributed by atoms with Crippen LogP contribution in [0.15, 0.2) is 71.9 Å². The number of hydrogen-bond acceptors (Lipinski definition) is 5. The molecule has 0 aliphatic carbocycles. The SMILES string of the molecule is O=c1cc(-c2cc(Cl)ccc2-n2cnnn2)cc2n1[C@H](c1ncc(-c3ccc(Cl)cc3)[nH]1)CC2. The topological polar surface area (TPSA) is 94.3 Å². The third kappa shape index (κ3) is 3.61. The molecule has 5 aromatic rings. The molecule has 0 unspecified atom stereocenters. The van der Waals surface area contributed by atoms with E-state index in [1.54, 1.807) is 23.0 Å². The van der Waals surface area contributed by atoms with Crippen molar-refractivity contribution in [3.8, 4) is 28.1 Å². The quantitative estimate of drug-likeness (QED) is 0.393. The number of H-pyrrole nitrogens is 1. The zero-order valence-corrected chi connectivity index (χ0v) is 19.2. The molecule has 0 spiro atoms. The van der Waals surface area contributed by atoms with Crippen molar-refractivity contribution in [2.45, 2.75) is 18.9 Å². The van der Waals surface area contributed by atoms with Crippen LogP contribution in [-0.4, -0.2) is 34.7 Å². The molecule has 0 saturated carbocycles. The summed E-state index contributed by atoms with van der Waals surface area (Å²) in [6, 6.07) is 16.5. The lowest BCUT2D eigenvalue weighted by Gasteiger charge is -2.15. The van der Waals surface area contributed by atoms with Gasteiger partial charge in [0.1, 0.15) is 12.2 Å². The predicted molar refractivity (Wildman–Crippen MR) is 129 cm³/mol. The normalized spacial score (nSPS) is 14.9. The van der Waals surface area contributed by atoms with E-state index < -0.39 is 0 Å². The van der Waals surface area contributed by atoms with Crippen molar-refractivity contribution in [2.24, 2.45) is 0 Å². The zero-order valence-electron chi connectivity index (χ0n) is 17.7. The summed E-state index contributed by atoms with van der Waals surface area (Å²) in [7, 11) is 0. The van der Waals surface area contributed by atoms with Gasteiger partial charge >= 0.3 is 0 Å². The number of fused-ring (bicyclic) bond motifs is 1. The molecule has 1 N–H and O–H groups in total. The molecule has 8 nitrogen and oxygen atoms in total. The van der Waals surface area contributed by atoms with Crippen molar-refractivity contribution in [1.82, 2.24) is 34.7 Å². The number of benzene rings is 2. The Kier molecular flexibility index (Phi) is 5.04. The first kappa shape index (κ1) is 20.8. The molecule has 168 valence electrons. The Morgan fingerprint density at radius 3 is 2.59 bits per heavy atom. The molecule has 0 radical (unpaired) electrons. The fraction of sp³-hybridized carbons (Fsp3) is 0.125. The molecule has 10 heteroatoms. The Morgan fingerprint density at radius 2 is 1.79 bits per heavy atom. The number of aryl methyl sites for hydroxylation is 1. The third-order valence-corrected chi connectivity index (χ3v) is 6.55. The number of halogens is 2. The smallest absolute Gasteiger partial charge is 0.252 e. The van der Waals surface area contributed by atoms with E-state index in [-0.39, 0.29) is 11.6 Å². The molecule has 0 saturated heterocycles. The minimum absolute atomic E-state index is 0.0953. The monoisotopic (exact) mass is 489 g/mol. The number of nitrogens with one attached hydrogen (secondary N) is 1. The molecule has 1 aliphatic rings. The lowest BCUT2D eigenvalue weighted by molar-refractivity contribution is 0.572. The Labute approximate surface area is 203 Å². The van der Waals surface area contributed by atoms with E-state index in [0.29, 0.717) is 10.0 Å². The summed E-state index contributed by atoms with van der Waals surface area (Å²) in [5.74, 6) is 0.760. The number of aromatic amines is 1. The van der Waals surface area contributed by atoms with Crippen molar-refractivity contribution in [1.29, 1.82) is 0 Å². The van der Waals surface area contributed by atoms with E-state index in [1.807, 2.05) is 47.0 Å². The van der Waals surface area contributed by atoms with Gasteiger partial charge in [0, 0.05) is 27.4 Å². The van der Waals surface area contributed by atoms with Crippen LogP contribution in [0.5, 0.6) is 0 Å². The van der Waals surface area contributed by atoms with E-state index in [9.17, 15) is 4.79 Å². The Morgan fingerprint density at radius 1 is 0.971 bits per heavy atom. The highest BCUT2D eigenvalue weighted by molar-refractivity contribution is 6.31. The second-order valence-electron chi connectivity index (χ2n) is 8.10. The fourth-order valence-corrected chi connectivity index (χ4v) is 4.80. The van der Waals surface area contributed by atoms with E-state index in [4.69, 9.17) is 23.2 Å². The number of rotatable bonds is 4. The summed E-state index contributed by atoms with van der Waals surface area (Å²) in [6.07, 6.45) is 4.84. The number of pyridine rings is 1. The maximum absolute atomic E-state index is 13.3. The van der Waals surface area contributed by atoms with Crippen LogP contribution >= 0.6 is 23.2 Å². The van der Waals surface area contributed by atoms with E-state index >= 15 is 0 Å². The minimum atomic E-state index is -0.157. The Bertz CT molecular complexity index is 1560. The fourth-order valence-electron chi connectivity index (χ4n) is 4.50. The van der Waals surface area contributed by atoms with E-state index in [1.165, 1.54) is 6.33 Å². The van der Waals surface area contributed by atoms with Crippen LogP contribution in [-0.2, 0) is 6.42 Å². The largest absolute Gasteiger partial charge is 0.340 e. The first-order valence-corrected chi connectivity index (χ1v) is 11.4. The van der Waals surface area contributed by atoms with Crippen molar-refractivity contribution >= 4 is 23.2 Å². The van der Waals surface area contributed by atoms with Gasteiger partial charge < -0.3 is 9.55 Å². The molecule has 4 heterocycles. The van der Waals surface area contributed by atoms with Crippen LogP contribution < -0.4 is 5.56 Å². The van der Waals surface area contributed by atoms with Crippen molar-refractivity contribution in [3.05, 3.63) is 99.0 Å². The summed E-state index contributed by atoms with van der Waals surface area (Å²) in [6.45, 7) is 0. The zero-order chi connectivity index (χ0) is 23.2. The summed E-state index contributed by atoms with van der Waals surface area (Å²) in [5, 5.41) is 12.7. The van der Waals surface area contributed by atoms with Gasteiger partial charge in [-0.2, -0.15) is 4.68 Å². The van der Waals surface area contributed by atoms with E-state index in [0.717, 1.165) is 52.4 Å².